The number of para-hydroxylation sites is 3. The number of imidazole rings is 1. The molecular weight excluding hydrogens is 408 g/mol. The summed E-state index contributed by atoms with van der Waals surface area (Å²) in [5.41, 5.74) is 3.29. The van der Waals surface area contributed by atoms with Gasteiger partial charge in [0.15, 0.2) is 0 Å². The summed E-state index contributed by atoms with van der Waals surface area (Å²) >= 11 is 0. The van der Waals surface area contributed by atoms with E-state index in [1.54, 1.807) is 4.90 Å². The Morgan fingerprint density at radius 1 is 1.03 bits per heavy atom. The SMILES string of the molecule is O=C(Cn1nc(C(=O)N2CCc3ccccc32)ccc1=O)NCc1nc2ccccc2[nH]1. The zero-order valence-corrected chi connectivity index (χ0v) is 17.1. The van der Waals surface area contributed by atoms with E-state index >= 15 is 0 Å². The summed E-state index contributed by atoms with van der Waals surface area (Å²) in [7, 11) is 0. The molecule has 9 nitrogen and oxygen atoms in total. The standard InChI is InChI=1S/C23H20N6O3/c30-21(24-13-20-25-16-6-2-3-7-17(16)26-20)14-29-22(31)10-9-18(27-29)23(32)28-12-11-15-5-1-4-8-19(15)28/h1-10H,11-14H2,(H,24,30)(H,25,26). The summed E-state index contributed by atoms with van der Waals surface area (Å²) < 4.78 is 1.00. The lowest BCUT2D eigenvalue weighted by atomic mass is 10.2. The molecule has 0 unspecified atom stereocenters. The number of carbonyl (C=O) groups excluding carboxylic acids is 2. The number of aromatic nitrogens is 4. The van der Waals surface area contributed by atoms with Gasteiger partial charge in [0.1, 0.15) is 18.1 Å². The number of fused-ring (bicyclic) bond motifs is 2. The quantitative estimate of drug-likeness (QED) is 0.502. The Morgan fingerprint density at radius 3 is 2.72 bits per heavy atom. The van der Waals surface area contributed by atoms with Crippen molar-refractivity contribution in [3.63, 3.8) is 0 Å². The van der Waals surface area contributed by atoms with E-state index in [2.05, 4.69) is 20.4 Å². The van der Waals surface area contributed by atoms with Crippen molar-refractivity contribution >= 4 is 28.5 Å². The largest absolute Gasteiger partial charge is 0.347 e. The highest BCUT2D eigenvalue weighted by molar-refractivity contribution is 6.05. The molecule has 5 rings (SSSR count). The Morgan fingerprint density at radius 2 is 1.84 bits per heavy atom. The van der Waals surface area contributed by atoms with Gasteiger partial charge in [0, 0.05) is 18.3 Å². The number of hydrogen-bond donors (Lipinski definition) is 2. The predicted molar refractivity (Wildman–Crippen MR) is 118 cm³/mol. The molecule has 0 saturated carbocycles. The molecule has 2 N–H and O–H groups in total. The molecule has 4 aromatic rings. The summed E-state index contributed by atoms with van der Waals surface area (Å²) in [6.07, 6.45) is 0.770. The third-order valence-corrected chi connectivity index (χ3v) is 5.40. The Hall–Kier alpha value is -4.27. The second-order valence-corrected chi connectivity index (χ2v) is 7.53. The minimum absolute atomic E-state index is 0.117. The number of carbonyl (C=O) groups is 2. The molecule has 0 atom stereocenters. The highest BCUT2D eigenvalue weighted by atomic mass is 16.2. The number of benzene rings is 2. The molecule has 0 bridgehead atoms. The fourth-order valence-electron chi connectivity index (χ4n) is 3.83. The topological polar surface area (TPSA) is 113 Å². The van der Waals surface area contributed by atoms with E-state index in [4.69, 9.17) is 0 Å². The number of aromatic amines is 1. The Bertz CT molecular complexity index is 1360. The highest BCUT2D eigenvalue weighted by Crippen LogP contribution is 2.28. The summed E-state index contributed by atoms with van der Waals surface area (Å²) in [4.78, 5) is 46.8. The number of anilines is 1. The molecule has 0 fully saturated rings. The van der Waals surface area contributed by atoms with Crippen LogP contribution in [0.4, 0.5) is 5.69 Å². The fourth-order valence-corrected chi connectivity index (χ4v) is 3.83. The van der Waals surface area contributed by atoms with Gasteiger partial charge >= 0.3 is 0 Å². The van der Waals surface area contributed by atoms with Crippen LogP contribution in [0.15, 0.2) is 65.5 Å². The predicted octanol–water partition coefficient (Wildman–Crippen LogP) is 1.64. The van der Waals surface area contributed by atoms with Gasteiger partial charge in [0.25, 0.3) is 11.5 Å². The van der Waals surface area contributed by atoms with Crippen molar-refractivity contribution in [2.24, 2.45) is 0 Å². The molecule has 0 radical (unpaired) electrons. The minimum atomic E-state index is -0.456. The molecule has 1 aliphatic heterocycles. The van der Waals surface area contributed by atoms with Crippen LogP contribution < -0.4 is 15.8 Å². The molecule has 9 heteroatoms. The van der Waals surface area contributed by atoms with Gasteiger partial charge in [-0.15, -0.1) is 0 Å². The van der Waals surface area contributed by atoms with Crippen molar-refractivity contribution in [3.05, 3.63) is 88.1 Å². The third kappa shape index (κ3) is 3.76. The number of hydrogen-bond acceptors (Lipinski definition) is 5. The van der Waals surface area contributed by atoms with Gasteiger partial charge in [-0.05, 0) is 36.2 Å². The monoisotopic (exact) mass is 428 g/mol. The van der Waals surface area contributed by atoms with E-state index in [1.807, 2.05) is 48.5 Å². The first kappa shape index (κ1) is 19.7. The normalized spacial score (nSPS) is 12.7. The number of nitrogens with one attached hydrogen (secondary N) is 2. The Balaban J connectivity index is 1.28. The summed E-state index contributed by atoms with van der Waals surface area (Å²) in [6, 6.07) is 17.9. The van der Waals surface area contributed by atoms with E-state index in [0.717, 1.165) is 33.4 Å². The lowest BCUT2D eigenvalue weighted by molar-refractivity contribution is -0.122. The second kappa shape index (κ2) is 8.10. The van der Waals surface area contributed by atoms with Crippen LogP contribution in [0.5, 0.6) is 0 Å². The molecular formula is C23H20N6O3. The Kier molecular flexibility index (Phi) is 4.98. The molecule has 2 aromatic carbocycles. The van der Waals surface area contributed by atoms with Crippen molar-refractivity contribution in [2.45, 2.75) is 19.5 Å². The molecule has 160 valence electrons. The van der Waals surface area contributed by atoms with Gasteiger partial charge < -0.3 is 15.2 Å². The van der Waals surface area contributed by atoms with Crippen LogP contribution in [0.3, 0.4) is 0 Å². The first-order chi connectivity index (χ1) is 15.6. The van der Waals surface area contributed by atoms with Gasteiger partial charge in [-0.25, -0.2) is 9.67 Å². The maximum Gasteiger partial charge on any atom is 0.278 e. The van der Waals surface area contributed by atoms with Crippen LogP contribution in [-0.2, 0) is 24.3 Å². The summed E-state index contributed by atoms with van der Waals surface area (Å²) in [5.74, 6) is -0.0981. The van der Waals surface area contributed by atoms with Gasteiger partial charge in [-0.2, -0.15) is 5.10 Å². The number of rotatable bonds is 5. The van der Waals surface area contributed by atoms with E-state index in [-0.39, 0.29) is 24.7 Å². The van der Waals surface area contributed by atoms with Crippen LogP contribution in [0.25, 0.3) is 11.0 Å². The van der Waals surface area contributed by atoms with Gasteiger partial charge in [-0.3, -0.25) is 14.4 Å². The first-order valence-corrected chi connectivity index (χ1v) is 10.3. The molecule has 2 amide bonds. The van der Waals surface area contributed by atoms with Crippen LogP contribution in [0.1, 0.15) is 21.9 Å². The molecule has 32 heavy (non-hydrogen) atoms. The molecule has 2 aromatic heterocycles. The van der Waals surface area contributed by atoms with Crippen LogP contribution in [0.2, 0.25) is 0 Å². The van der Waals surface area contributed by atoms with Crippen molar-refractivity contribution in [3.8, 4) is 0 Å². The van der Waals surface area contributed by atoms with E-state index in [0.29, 0.717) is 12.4 Å². The van der Waals surface area contributed by atoms with Gasteiger partial charge in [0.2, 0.25) is 5.91 Å². The molecule has 0 saturated heterocycles. The lowest BCUT2D eigenvalue weighted by Gasteiger charge is -2.17. The number of H-pyrrole nitrogens is 1. The average Bonchev–Trinajstić information content (AvgIpc) is 3.42. The average molecular weight is 428 g/mol. The maximum absolute atomic E-state index is 13.0. The minimum Gasteiger partial charge on any atom is -0.347 e. The van der Waals surface area contributed by atoms with E-state index in [1.165, 1.54) is 12.1 Å². The number of amides is 2. The summed E-state index contributed by atoms with van der Waals surface area (Å²) in [6.45, 7) is 0.444. The molecule has 1 aliphatic rings. The van der Waals surface area contributed by atoms with Crippen LogP contribution in [-0.4, -0.2) is 38.1 Å². The van der Waals surface area contributed by atoms with Crippen molar-refractivity contribution < 1.29 is 9.59 Å². The van der Waals surface area contributed by atoms with Crippen LogP contribution in [0, 0.1) is 0 Å². The lowest BCUT2D eigenvalue weighted by Crippen LogP contribution is -2.36. The van der Waals surface area contributed by atoms with E-state index in [9.17, 15) is 14.4 Å². The smallest absolute Gasteiger partial charge is 0.278 e. The maximum atomic E-state index is 13.0. The zero-order chi connectivity index (χ0) is 22.1. The fraction of sp³-hybridized carbons (Fsp3) is 0.174. The van der Waals surface area contributed by atoms with Crippen molar-refractivity contribution in [2.75, 3.05) is 11.4 Å². The zero-order valence-electron chi connectivity index (χ0n) is 17.1. The number of nitrogens with zero attached hydrogens (tertiary/aromatic N) is 4. The third-order valence-electron chi connectivity index (χ3n) is 5.40. The summed E-state index contributed by atoms with van der Waals surface area (Å²) in [5, 5.41) is 6.87. The molecule has 3 heterocycles. The van der Waals surface area contributed by atoms with Gasteiger partial charge in [-0.1, -0.05) is 30.3 Å². The van der Waals surface area contributed by atoms with Crippen molar-refractivity contribution in [1.82, 2.24) is 25.1 Å². The van der Waals surface area contributed by atoms with E-state index < -0.39 is 11.5 Å². The molecule has 0 spiro atoms. The first-order valence-electron chi connectivity index (χ1n) is 10.3. The van der Waals surface area contributed by atoms with Gasteiger partial charge in [0.05, 0.1) is 17.6 Å². The van der Waals surface area contributed by atoms with Crippen LogP contribution >= 0.6 is 0 Å². The van der Waals surface area contributed by atoms with Crippen molar-refractivity contribution in [1.29, 1.82) is 0 Å². The highest BCUT2D eigenvalue weighted by Gasteiger charge is 2.26. The molecule has 0 aliphatic carbocycles. The Labute approximate surface area is 182 Å². The second-order valence-electron chi connectivity index (χ2n) is 7.53.